The molecule has 2 atom stereocenters. The minimum Gasteiger partial charge on any atom is -0.480 e. The number of nitrogens with one attached hydrogen (secondary N) is 2. The standard InChI is InChI=1S/C16H25N3O5S/c1-4-13(16(21)22)18-14(8-10(2)3)15(20)19-25(23,24)12-7-5-6-11(17)9-12/h5-7,9-10,13-14,18H,4,8,17H2,1-3H3,(H,19,20)(H,21,22). The first-order valence-electron chi connectivity index (χ1n) is 7.97. The zero-order valence-electron chi connectivity index (χ0n) is 14.5. The number of aliphatic carboxylic acids is 1. The summed E-state index contributed by atoms with van der Waals surface area (Å²) in [6.07, 6.45) is 0.557. The molecule has 140 valence electrons. The fourth-order valence-electron chi connectivity index (χ4n) is 2.27. The van der Waals surface area contributed by atoms with E-state index in [0.29, 0.717) is 6.42 Å². The van der Waals surface area contributed by atoms with Gasteiger partial charge in [-0.3, -0.25) is 14.9 Å². The van der Waals surface area contributed by atoms with Crippen LogP contribution in [0.3, 0.4) is 0 Å². The maximum atomic E-state index is 12.4. The van der Waals surface area contributed by atoms with E-state index in [0.717, 1.165) is 0 Å². The molecular formula is C16H25N3O5S. The molecule has 0 aliphatic heterocycles. The van der Waals surface area contributed by atoms with Gasteiger partial charge in [0.15, 0.2) is 0 Å². The first-order chi connectivity index (χ1) is 11.6. The number of carboxylic acid groups (broad SMARTS) is 1. The Kier molecular flexibility index (Phi) is 7.38. The number of carbonyl (C=O) groups excluding carboxylic acids is 1. The normalized spacial score (nSPS) is 14.1. The van der Waals surface area contributed by atoms with Crippen molar-refractivity contribution >= 4 is 27.6 Å². The number of carboxylic acids is 1. The van der Waals surface area contributed by atoms with E-state index in [9.17, 15) is 18.0 Å². The minimum absolute atomic E-state index is 0.0598. The van der Waals surface area contributed by atoms with Crippen molar-refractivity contribution in [3.63, 3.8) is 0 Å². The summed E-state index contributed by atoms with van der Waals surface area (Å²) in [4.78, 5) is 23.5. The molecule has 0 heterocycles. The minimum atomic E-state index is -4.09. The molecule has 2 unspecified atom stereocenters. The van der Waals surface area contributed by atoms with Gasteiger partial charge in [-0.05, 0) is 37.0 Å². The Bertz CT molecular complexity index is 718. The largest absolute Gasteiger partial charge is 0.480 e. The van der Waals surface area contributed by atoms with E-state index in [-0.39, 0.29) is 22.9 Å². The van der Waals surface area contributed by atoms with Crippen LogP contribution in [0.1, 0.15) is 33.6 Å². The number of nitrogens with two attached hydrogens (primary N) is 1. The Morgan fingerprint density at radius 2 is 1.88 bits per heavy atom. The highest BCUT2D eigenvalue weighted by atomic mass is 32.2. The Balaban J connectivity index is 2.99. The van der Waals surface area contributed by atoms with Crippen LogP contribution in [0.2, 0.25) is 0 Å². The monoisotopic (exact) mass is 371 g/mol. The highest BCUT2D eigenvalue weighted by molar-refractivity contribution is 7.90. The molecule has 8 nitrogen and oxygen atoms in total. The Hall–Kier alpha value is -2.13. The number of anilines is 1. The molecule has 1 aromatic rings. The van der Waals surface area contributed by atoms with Crippen molar-refractivity contribution in [3.8, 4) is 0 Å². The van der Waals surface area contributed by atoms with E-state index in [1.54, 1.807) is 6.92 Å². The maximum absolute atomic E-state index is 12.4. The van der Waals surface area contributed by atoms with Crippen molar-refractivity contribution in [1.82, 2.24) is 10.0 Å². The van der Waals surface area contributed by atoms with Crippen LogP contribution in [0.5, 0.6) is 0 Å². The molecule has 0 radical (unpaired) electrons. The first kappa shape index (κ1) is 20.9. The molecule has 25 heavy (non-hydrogen) atoms. The number of sulfonamides is 1. The lowest BCUT2D eigenvalue weighted by Crippen LogP contribution is -2.52. The second-order valence-corrected chi connectivity index (χ2v) is 7.87. The van der Waals surface area contributed by atoms with E-state index >= 15 is 0 Å². The highest BCUT2D eigenvalue weighted by Gasteiger charge is 2.29. The molecule has 0 aliphatic rings. The second kappa shape index (κ2) is 8.82. The Morgan fingerprint density at radius 3 is 2.36 bits per heavy atom. The molecule has 0 fully saturated rings. The number of benzene rings is 1. The maximum Gasteiger partial charge on any atom is 0.320 e. The molecule has 1 aromatic carbocycles. The smallest absolute Gasteiger partial charge is 0.320 e. The molecule has 0 saturated heterocycles. The van der Waals surface area contributed by atoms with Gasteiger partial charge in [0.1, 0.15) is 6.04 Å². The predicted molar refractivity (Wildman–Crippen MR) is 94.3 cm³/mol. The Morgan fingerprint density at radius 1 is 1.24 bits per heavy atom. The van der Waals surface area contributed by atoms with Crippen LogP contribution in [0.25, 0.3) is 0 Å². The summed E-state index contributed by atoms with van der Waals surface area (Å²) in [6.45, 7) is 5.38. The van der Waals surface area contributed by atoms with Gasteiger partial charge in [0.25, 0.3) is 15.9 Å². The summed E-state index contributed by atoms with van der Waals surface area (Å²) in [5.41, 5.74) is 5.83. The molecule has 0 saturated carbocycles. The van der Waals surface area contributed by atoms with Crippen LogP contribution >= 0.6 is 0 Å². The molecule has 0 aliphatic carbocycles. The average Bonchev–Trinajstić information content (AvgIpc) is 2.50. The summed E-state index contributed by atoms with van der Waals surface area (Å²) < 4.78 is 26.7. The van der Waals surface area contributed by atoms with Gasteiger partial charge in [0, 0.05) is 5.69 Å². The molecule has 0 spiro atoms. The summed E-state index contributed by atoms with van der Waals surface area (Å²) in [5.74, 6) is -1.83. The average molecular weight is 371 g/mol. The SMILES string of the molecule is CCC(NC(CC(C)C)C(=O)NS(=O)(=O)c1cccc(N)c1)C(=O)O. The van der Waals surface area contributed by atoms with Crippen molar-refractivity contribution in [2.75, 3.05) is 5.73 Å². The summed E-state index contributed by atoms with van der Waals surface area (Å²) in [6, 6.07) is 3.68. The third-order valence-corrected chi connectivity index (χ3v) is 4.88. The van der Waals surface area contributed by atoms with Gasteiger partial charge in [-0.25, -0.2) is 13.1 Å². The van der Waals surface area contributed by atoms with Crippen LogP contribution in [0.15, 0.2) is 29.2 Å². The number of carbonyl (C=O) groups is 2. The third-order valence-electron chi connectivity index (χ3n) is 3.54. The van der Waals surface area contributed by atoms with Crippen molar-refractivity contribution in [1.29, 1.82) is 0 Å². The quantitative estimate of drug-likeness (QED) is 0.474. The van der Waals surface area contributed by atoms with Crippen molar-refractivity contribution in [2.24, 2.45) is 5.92 Å². The van der Waals surface area contributed by atoms with Gasteiger partial charge in [-0.15, -0.1) is 0 Å². The van der Waals surface area contributed by atoms with Crippen LogP contribution < -0.4 is 15.8 Å². The molecular weight excluding hydrogens is 346 g/mol. The van der Waals surface area contributed by atoms with Gasteiger partial charge in [0.05, 0.1) is 10.9 Å². The number of hydrogen-bond donors (Lipinski definition) is 4. The molecule has 1 rings (SSSR count). The number of rotatable bonds is 9. The van der Waals surface area contributed by atoms with Crippen molar-refractivity contribution in [3.05, 3.63) is 24.3 Å². The predicted octanol–water partition coefficient (Wildman–Crippen LogP) is 0.941. The van der Waals surface area contributed by atoms with E-state index < -0.39 is 34.0 Å². The summed E-state index contributed by atoms with van der Waals surface area (Å²) in [5, 5.41) is 11.9. The van der Waals surface area contributed by atoms with Gasteiger partial charge < -0.3 is 10.8 Å². The van der Waals surface area contributed by atoms with E-state index in [1.165, 1.54) is 24.3 Å². The fourth-order valence-corrected chi connectivity index (χ4v) is 3.35. The van der Waals surface area contributed by atoms with E-state index in [2.05, 4.69) is 5.32 Å². The van der Waals surface area contributed by atoms with Gasteiger partial charge in [0.2, 0.25) is 0 Å². The number of nitrogen functional groups attached to an aromatic ring is 1. The lowest BCUT2D eigenvalue weighted by atomic mass is 10.0. The summed E-state index contributed by atoms with van der Waals surface area (Å²) >= 11 is 0. The van der Waals surface area contributed by atoms with Crippen LogP contribution in [0, 0.1) is 5.92 Å². The molecule has 5 N–H and O–H groups in total. The lowest BCUT2D eigenvalue weighted by Gasteiger charge is -2.23. The number of amides is 1. The summed E-state index contributed by atoms with van der Waals surface area (Å²) in [7, 11) is -4.09. The van der Waals surface area contributed by atoms with Gasteiger partial charge in [-0.2, -0.15) is 0 Å². The van der Waals surface area contributed by atoms with Crippen LogP contribution in [0.4, 0.5) is 5.69 Å². The molecule has 1 amide bonds. The Labute approximate surface area is 147 Å². The van der Waals surface area contributed by atoms with Gasteiger partial charge >= 0.3 is 5.97 Å². The second-order valence-electron chi connectivity index (χ2n) is 6.19. The van der Waals surface area contributed by atoms with Crippen LogP contribution in [-0.4, -0.2) is 37.5 Å². The third kappa shape index (κ3) is 6.35. The number of hydrogen-bond acceptors (Lipinski definition) is 6. The van der Waals surface area contributed by atoms with Gasteiger partial charge in [-0.1, -0.05) is 26.8 Å². The van der Waals surface area contributed by atoms with E-state index in [4.69, 9.17) is 10.8 Å². The topological polar surface area (TPSA) is 139 Å². The highest BCUT2D eigenvalue weighted by Crippen LogP contribution is 2.14. The zero-order valence-corrected chi connectivity index (χ0v) is 15.3. The molecule has 0 bridgehead atoms. The van der Waals surface area contributed by atoms with Crippen LogP contribution in [-0.2, 0) is 19.6 Å². The molecule has 9 heteroatoms. The fraction of sp³-hybridized carbons (Fsp3) is 0.500. The zero-order chi connectivity index (χ0) is 19.2. The van der Waals surface area contributed by atoms with E-state index in [1.807, 2.05) is 18.6 Å². The van der Waals surface area contributed by atoms with Crippen molar-refractivity contribution in [2.45, 2.75) is 50.6 Å². The molecule has 0 aromatic heterocycles. The lowest BCUT2D eigenvalue weighted by molar-refractivity contribution is -0.140. The first-order valence-corrected chi connectivity index (χ1v) is 9.46. The van der Waals surface area contributed by atoms with Crippen molar-refractivity contribution < 1.29 is 23.1 Å².